The maximum atomic E-state index is 5.59. The molecule has 1 N–H and O–H groups in total. The van der Waals surface area contributed by atoms with Gasteiger partial charge in [-0.1, -0.05) is 6.07 Å². The molecule has 2 rings (SSSR count). The molecule has 2 aromatic rings. The number of hydrogen-bond acceptors (Lipinski definition) is 3. The fourth-order valence-electron chi connectivity index (χ4n) is 2.39. The van der Waals surface area contributed by atoms with Crippen LogP contribution >= 0.6 is 11.3 Å². The van der Waals surface area contributed by atoms with E-state index in [9.17, 15) is 0 Å². The predicted octanol–water partition coefficient (Wildman–Crippen LogP) is 4.24. The number of furan rings is 1. The Morgan fingerprint density at radius 3 is 2.67 bits per heavy atom. The first kappa shape index (κ1) is 13.4. The summed E-state index contributed by atoms with van der Waals surface area (Å²) in [5, 5.41) is 5.77. The van der Waals surface area contributed by atoms with Crippen molar-refractivity contribution in [1.82, 2.24) is 5.32 Å². The van der Waals surface area contributed by atoms with Crippen molar-refractivity contribution in [2.24, 2.45) is 0 Å². The lowest BCUT2D eigenvalue weighted by Crippen LogP contribution is -2.30. The van der Waals surface area contributed by atoms with Gasteiger partial charge in [0.15, 0.2) is 0 Å². The SMILES string of the molecule is Cc1cc(C(C)NC(C)Cc2cccs2)c(C)o1. The molecule has 0 spiro atoms. The third kappa shape index (κ3) is 3.24. The summed E-state index contributed by atoms with van der Waals surface area (Å²) >= 11 is 1.82. The number of thiophene rings is 1. The molecule has 0 saturated heterocycles. The highest BCUT2D eigenvalue weighted by atomic mass is 32.1. The zero-order chi connectivity index (χ0) is 13.1. The number of aryl methyl sites for hydroxylation is 2. The molecule has 98 valence electrons. The predicted molar refractivity (Wildman–Crippen MR) is 77.2 cm³/mol. The standard InChI is InChI=1S/C15H21NOS/c1-10(8-14-6-5-7-18-14)16-12(3)15-9-11(2)17-13(15)4/h5-7,9-10,12,16H,8H2,1-4H3. The topological polar surface area (TPSA) is 25.2 Å². The van der Waals surface area contributed by atoms with Crippen LogP contribution in [-0.4, -0.2) is 6.04 Å². The molecule has 2 unspecified atom stereocenters. The zero-order valence-corrected chi connectivity index (χ0v) is 12.3. The minimum Gasteiger partial charge on any atom is -0.466 e. The maximum absolute atomic E-state index is 5.59. The molecule has 0 aliphatic carbocycles. The Kier molecular flexibility index (Phi) is 4.25. The van der Waals surface area contributed by atoms with E-state index in [4.69, 9.17) is 4.42 Å². The van der Waals surface area contributed by atoms with Crippen molar-refractivity contribution in [2.45, 2.75) is 46.2 Å². The molecule has 0 aromatic carbocycles. The van der Waals surface area contributed by atoms with Gasteiger partial charge in [0.2, 0.25) is 0 Å². The summed E-state index contributed by atoms with van der Waals surface area (Å²) < 4.78 is 5.59. The molecular formula is C15H21NOS. The molecule has 0 bridgehead atoms. The van der Waals surface area contributed by atoms with E-state index in [1.165, 1.54) is 10.4 Å². The Morgan fingerprint density at radius 1 is 1.33 bits per heavy atom. The number of hydrogen-bond donors (Lipinski definition) is 1. The molecule has 3 heteroatoms. The lowest BCUT2D eigenvalue weighted by atomic mass is 10.1. The first-order valence-electron chi connectivity index (χ1n) is 6.41. The molecule has 0 saturated carbocycles. The quantitative estimate of drug-likeness (QED) is 0.873. The summed E-state index contributed by atoms with van der Waals surface area (Å²) in [6.45, 7) is 8.46. The van der Waals surface area contributed by atoms with Gasteiger partial charge in [-0.05, 0) is 51.6 Å². The van der Waals surface area contributed by atoms with Gasteiger partial charge in [-0.25, -0.2) is 0 Å². The maximum Gasteiger partial charge on any atom is 0.105 e. The van der Waals surface area contributed by atoms with E-state index in [1.807, 2.05) is 25.2 Å². The van der Waals surface area contributed by atoms with Crippen molar-refractivity contribution in [3.8, 4) is 0 Å². The summed E-state index contributed by atoms with van der Waals surface area (Å²) in [5.41, 5.74) is 1.27. The van der Waals surface area contributed by atoms with E-state index < -0.39 is 0 Å². The average Bonchev–Trinajstić information content (AvgIpc) is 2.88. The van der Waals surface area contributed by atoms with Crippen LogP contribution < -0.4 is 5.32 Å². The normalized spacial score (nSPS) is 14.7. The highest BCUT2D eigenvalue weighted by Crippen LogP contribution is 2.22. The van der Waals surface area contributed by atoms with Gasteiger partial charge in [0, 0.05) is 22.5 Å². The van der Waals surface area contributed by atoms with Crippen LogP contribution in [0, 0.1) is 13.8 Å². The van der Waals surface area contributed by atoms with Crippen LogP contribution in [-0.2, 0) is 6.42 Å². The van der Waals surface area contributed by atoms with Crippen molar-refractivity contribution in [3.05, 3.63) is 45.5 Å². The second kappa shape index (κ2) is 5.72. The monoisotopic (exact) mass is 263 g/mol. The second-order valence-electron chi connectivity index (χ2n) is 4.94. The van der Waals surface area contributed by atoms with Crippen molar-refractivity contribution in [2.75, 3.05) is 0 Å². The Morgan fingerprint density at radius 2 is 2.11 bits per heavy atom. The van der Waals surface area contributed by atoms with E-state index in [0.717, 1.165) is 17.9 Å². The lowest BCUT2D eigenvalue weighted by Gasteiger charge is -2.19. The number of rotatable bonds is 5. The summed E-state index contributed by atoms with van der Waals surface area (Å²) in [5.74, 6) is 2.01. The molecule has 18 heavy (non-hydrogen) atoms. The first-order chi connectivity index (χ1) is 8.56. The van der Waals surface area contributed by atoms with Crippen LogP contribution in [0.3, 0.4) is 0 Å². The zero-order valence-electron chi connectivity index (χ0n) is 11.5. The van der Waals surface area contributed by atoms with Crippen molar-refractivity contribution in [3.63, 3.8) is 0 Å². The molecular weight excluding hydrogens is 242 g/mol. The summed E-state index contributed by atoms with van der Waals surface area (Å²) in [6.07, 6.45) is 1.08. The van der Waals surface area contributed by atoms with E-state index >= 15 is 0 Å². The highest BCUT2D eigenvalue weighted by Gasteiger charge is 2.15. The molecule has 0 aliphatic rings. The molecule has 2 nitrogen and oxygen atoms in total. The molecule has 2 aromatic heterocycles. The van der Waals surface area contributed by atoms with Gasteiger partial charge in [0.05, 0.1) is 0 Å². The van der Waals surface area contributed by atoms with Gasteiger partial charge in [-0.15, -0.1) is 11.3 Å². The van der Waals surface area contributed by atoms with Crippen molar-refractivity contribution >= 4 is 11.3 Å². The first-order valence-corrected chi connectivity index (χ1v) is 7.29. The van der Waals surface area contributed by atoms with Crippen LogP contribution in [0.15, 0.2) is 28.0 Å². The second-order valence-corrected chi connectivity index (χ2v) is 5.97. The van der Waals surface area contributed by atoms with Crippen LogP contribution in [0.4, 0.5) is 0 Å². The van der Waals surface area contributed by atoms with Crippen LogP contribution in [0.5, 0.6) is 0 Å². The molecule has 0 radical (unpaired) electrons. The van der Waals surface area contributed by atoms with Crippen LogP contribution in [0.25, 0.3) is 0 Å². The van der Waals surface area contributed by atoms with E-state index in [1.54, 1.807) is 0 Å². The van der Waals surface area contributed by atoms with E-state index in [0.29, 0.717) is 12.1 Å². The molecule has 0 fully saturated rings. The minimum absolute atomic E-state index is 0.331. The summed E-state index contributed by atoms with van der Waals surface area (Å²) in [4.78, 5) is 1.43. The van der Waals surface area contributed by atoms with Crippen LogP contribution in [0.1, 0.15) is 41.9 Å². The summed E-state index contributed by atoms with van der Waals surface area (Å²) in [6, 6.07) is 7.23. The average molecular weight is 263 g/mol. The molecule has 2 atom stereocenters. The third-order valence-corrected chi connectivity index (χ3v) is 4.07. The molecule has 0 aliphatic heterocycles. The van der Waals surface area contributed by atoms with Gasteiger partial charge in [-0.3, -0.25) is 0 Å². The van der Waals surface area contributed by atoms with Crippen LogP contribution in [0.2, 0.25) is 0 Å². The third-order valence-electron chi connectivity index (χ3n) is 3.17. The Hall–Kier alpha value is -1.06. The van der Waals surface area contributed by atoms with Gasteiger partial charge < -0.3 is 9.73 Å². The van der Waals surface area contributed by atoms with Gasteiger partial charge in [-0.2, -0.15) is 0 Å². The van der Waals surface area contributed by atoms with Gasteiger partial charge in [0.25, 0.3) is 0 Å². The summed E-state index contributed by atoms with van der Waals surface area (Å²) in [7, 11) is 0. The van der Waals surface area contributed by atoms with E-state index in [-0.39, 0.29) is 0 Å². The highest BCUT2D eigenvalue weighted by molar-refractivity contribution is 7.09. The number of nitrogens with one attached hydrogen (secondary N) is 1. The molecule has 0 amide bonds. The fraction of sp³-hybridized carbons (Fsp3) is 0.467. The van der Waals surface area contributed by atoms with Crippen molar-refractivity contribution in [1.29, 1.82) is 0 Å². The van der Waals surface area contributed by atoms with E-state index in [2.05, 4.69) is 42.7 Å². The Balaban J connectivity index is 1.94. The minimum atomic E-state index is 0.331. The Labute approximate surface area is 113 Å². The molecule has 2 heterocycles. The smallest absolute Gasteiger partial charge is 0.105 e. The van der Waals surface area contributed by atoms with Gasteiger partial charge in [0.1, 0.15) is 11.5 Å². The largest absolute Gasteiger partial charge is 0.466 e. The lowest BCUT2D eigenvalue weighted by molar-refractivity contribution is 0.460. The fourth-order valence-corrected chi connectivity index (χ4v) is 3.22. The Bertz CT molecular complexity index is 487. The van der Waals surface area contributed by atoms with Gasteiger partial charge >= 0.3 is 0 Å². The van der Waals surface area contributed by atoms with Crippen molar-refractivity contribution < 1.29 is 4.42 Å².